The monoisotopic (exact) mass is 250 g/mol. The number of benzene rings is 1. The van der Waals surface area contributed by atoms with Gasteiger partial charge < -0.3 is 16.2 Å². The lowest BCUT2D eigenvalue weighted by Gasteiger charge is -2.19. The number of rotatable bonds is 6. The highest BCUT2D eigenvalue weighted by atomic mass is 16.3. The van der Waals surface area contributed by atoms with Crippen LogP contribution in [0.15, 0.2) is 30.3 Å². The molecule has 0 aliphatic heterocycles. The predicted molar refractivity (Wildman–Crippen MR) is 71.8 cm³/mol. The second kappa shape index (κ2) is 7.13. The minimum atomic E-state index is -0.695. The normalized spacial score (nSPS) is 15.8. The van der Waals surface area contributed by atoms with E-state index in [-0.39, 0.29) is 18.4 Å². The first kappa shape index (κ1) is 14.7. The number of amides is 1. The van der Waals surface area contributed by atoms with Gasteiger partial charge in [-0.1, -0.05) is 50.6 Å². The Kier molecular flexibility index (Phi) is 5.82. The second-order valence-electron chi connectivity index (χ2n) is 4.58. The van der Waals surface area contributed by atoms with Crippen molar-refractivity contribution in [3.05, 3.63) is 35.9 Å². The lowest BCUT2D eigenvalue weighted by molar-refractivity contribution is -0.123. The smallest absolute Gasteiger partial charge is 0.237 e. The maximum atomic E-state index is 11.7. The van der Waals surface area contributed by atoms with Gasteiger partial charge in [0.2, 0.25) is 5.91 Å². The molecule has 4 nitrogen and oxygen atoms in total. The van der Waals surface area contributed by atoms with Gasteiger partial charge in [0.25, 0.3) is 0 Å². The Bertz CT molecular complexity index is 367. The van der Waals surface area contributed by atoms with E-state index in [4.69, 9.17) is 5.73 Å². The molecule has 0 aliphatic carbocycles. The van der Waals surface area contributed by atoms with Crippen LogP contribution < -0.4 is 11.1 Å². The van der Waals surface area contributed by atoms with Crippen molar-refractivity contribution in [1.82, 2.24) is 5.32 Å². The van der Waals surface area contributed by atoms with Gasteiger partial charge in [-0.25, -0.2) is 0 Å². The Morgan fingerprint density at radius 2 is 2.00 bits per heavy atom. The van der Waals surface area contributed by atoms with Crippen molar-refractivity contribution in [1.29, 1.82) is 0 Å². The Labute approximate surface area is 108 Å². The van der Waals surface area contributed by atoms with Crippen molar-refractivity contribution in [2.75, 3.05) is 6.54 Å². The van der Waals surface area contributed by atoms with Gasteiger partial charge >= 0.3 is 0 Å². The molecular weight excluding hydrogens is 228 g/mol. The highest BCUT2D eigenvalue weighted by Crippen LogP contribution is 2.11. The van der Waals surface area contributed by atoms with Crippen LogP contribution >= 0.6 is 0 Å². The molecule has 0 aliphatic rings. The zero-order valence-electron chi connectivity index (χ0n) is 11.0. The molecule has 1 rings (SSSR count). The fraction of sp³-hybridized carbons (Fsp3) is 0.500. The van der Waals surface area contributed by atoms with Crippen molar-refractivity contribution in [3.63, 3.8) is 0 Å². The van der Waals surface area contributed by atoms with Gasteiger partial charge in [0.1, 0.15) is 0 Å². The lowest BCUT2D eigenvalue weighted by atomic mass is 9.99. The molecule has 1 amide bonds. The first-order valence-electron chi connectivity index (χ1n) is 6.32. The van der Waals surface area contributed by atoms with Crippen LogP contribution in [0, 0.1) is 5.92 Å². The standard InChI is InChI=1S/C14H22N2O2/c1-3-10(2)13(15)14(18)16-9-12(17)11-7-5-4-6-8-11/h4-8,10,12-13,17H,3,9,15H2,1-2H3,(H,16,18). The molecule has 0 aromatic heterocycles. The van der Waals surface area contributed by atoms with Crippen LogP contribution in [-0.2, 0) is 4.79 Å². The molecule has 3 atom stereocenters. The van der Waals surface area contributed by atoms with E-state index in [2.05, 4.69) is 5.32 Å². The summed E-state index contributed by atoms with van der Waals surface area (Å²) in [5.41, 5.74) is 6.59. The third-order valence-electron chi connectivity index (χ3n) is 3.21. The summed E-state index contributed by atoms with van der Waals surface area (Å²) in [6.45, 7) is 4.13. The average molecular weight is 250 g/mol. The number of carbonyl (C=O) groups excluding carboxylic acids is 1. The van der Waals surface area contributed by atoms with Crippen LogP contribution in [0.25, 0.3) is 0 Å². The van der Waals surface area contributed by atoms with Crippen LogP contribution in [0.3, 0.4) is 0 Å². The summed E-state index contributed by atoms with van der Waals surface area (Å²) in [6.07, 6.45) is 0.162. The quantitative estimate of drug-likeness (QED) is 0.710. The summed E-state index contributed by atoms with van der Waals surface area (Å²) in [5, 5.41) is 12.6. The maximum absolute atomic E-state index is 11.7. The van der Waals surface area contributed by atoms with Crippen molar-refractivity contribution in [3.8, 4) is 0 Å². The molecule has 4 heteroatoms. The molecule has 0 heterocycles. The van der Waals surface area contributed by atoms with E-state index in [0.717, 1.165) is 12.0 Å². The Morgan fingerprint density at radius 1 is 1.39 bits per heavy atom. The number of aliphatic hydroxyl groups is 1. The Balaban J connectivity index is 2.43. The first-order valence-corrected chi connectivity index (χ1v) is 6.32. The largest absolute Gasteiger partial charge is 0.387 e. The number of carbonyl (C=O) groups is 1. The van der Waals surface area contributed by atoms with Gasteiger partial charge in [-0.15, -0.1) is 0 Å². The van der Waals surface area contributed by atoms with Crippen LogP contribution in [0.2, 0.25) is 0 Å². The third kappa shape index (κ3) is 4.13. The molecule has 0 saturated heterocycles. The summed E-state index contributed by atoms with van der Waals surface area (Å²) < 4.78 is 0. The van der Waals surface area contributed by atoms with Gasteiger partial charge in [0.15, 0.2) is 0 Å². The minimum absolute atomic E-state index is 0.138. The van der Waals surface area contributed by atoms with Crippen molar-refractivity contribution < 1.29 is 9.90 Å². The van der Waals surface area contributed by atoms with Gasteiger partial charge in [0, 0.05) is 6.54 Å². The molecule has 0 bridgehead atoms. The van der Waals surface area contributed by atoms with Gasteiger partial charge in [-0.2, -0.15) is 0 Å². The van der Waals surface area contributed by atoms with E-state index in [9.17, 15) is 9.90 Å². The molecule has 0 fully saturated rings. The molecule has 0 saturated carbocycles. The topological polar surface area (TPSA) is 75.4 Å². The van der Waals surface area contributed by atoms with Crippen LogP contribution in [-0.4, -0.2) is 23.6 Å². The fourth-order valence-electron chi connectivity index (χ4n) is 1.62. The van der Waals surface area contributed by atoms with Crippen molar-refractivity contribution >= 4 is 5.91 Å². The molecule has 4 N–H and O–H groups in total. The number of nitrogens with two attached hydrogens (primary N) is 1. The SMILES string of the molecule is CCC(C)C(N)C(=O)NCC(O)c1ccccc1. The van der Waals surface area contributed by atoms with Gasteiger partial charge in [-0.05, 0) is 11.5 Å². The van der Waals surface area contributed by atoms with E-state index in [1.54, 1.807) is 0 Å². The summed E-state index contributed by atoms with van der Waals surface area (Å²) in [4.78, 5) is 11.7. The summed E-state index contributed by atoms with van der Waals surface area (Å²) >= 11 is 0. The highest BCUT2D eigenvalue weighted by Gasteiger charge is 2.19. The lowest BCUT2D eigenvalue weighted by Crippen LogP contribution is -2.45. The number of hydrogen-bond donors (Lipinski definition) is 3. The molecular formula is C14H22N2O2. The fourth-order valence-corrected chi connectivity index (χ4v) is 1.62. The Hall–Kier alpha value is -1.39. The molecule has 100 valence electrons. The van der Waals surface area contributed by atoms with E-state index < -0.39 is 12.1 Å². The molecule has 3 unspecified atom stereocenters. The summed E-state index contributed by atoms with van der Waals surface area (Å²) in [7, 11) is 0. The molecule has 0 spiro atoms. The minimum Gasteiger partial charge on any atom is -0.387 e. The molecule has 0 radical (unpaired) electrons. The van der Waals surface area contributed by atoms with Crippen LogP contribution in [0.4, 0.5) is 0 Å². The number of nitrogens with one attached hydrogen (secondary N) is 1. The summed E-state index contributed by atoms with van der Waals surface area (Å²) in [6, 6.07) is 8.72. The molecule has 1 aromatic carbocycles. The molecule has 18 heavy (non-hydrogen) atoms. The zero-order chi connectivity index (χ0) is 13.5. The van der Waals surface area contributed by atoms with E-state index in [0.29, 0.717) is 0 Å². The van der Waals surface area contributed by atoms with E-state index in [1.807, 2.05) is 44.2 Å². The van der Waals surface area contributed by atoms with E-state index >= 15 is 0 Å². The number of hydrogen-bond acceptors (Lipinski definition) is 3. The van der Waals surface area contributed by atoms with Crippen LogP contribution in [0.1, 0.15) is 31.9 Å². The highest BCUT2D eigenvalue weighted by molar-refractivity contribution is 5.81. The van der Waals surface area contributed by atoms with Crippen molar-refractivity contribution in [2.24, 2.45) is 11.7 Å². The van der Waals surface area contributed by atoms with Crippen LogP contribution in [0.5, 0.6) is 0 Å². The van der Waals surface area contributed by atoms with Gasteiger partial charge in [-0.3, -0.25) is 4.79 Å². The summed E-state index contributed by atoms with van der Waals surface area (Å²) in [5.74, 6) is -0.0711. The third-order valence-corrected chi connectivity index (χ3v) is 3.21. The maximum Gasteiger partial charge on any atom is 0.237 e. The second-order valence-corrected chi connectivity index (χ2v) is 4.58. The van der Waals surface area contributed by atoms with Gasteiger partial charge in [0.05, 0.1) is 12.1 Å². The zero-order valence-corrected chi connectivity index (χ0v) is 11.0. The van der Waals surface area contributed by atoms with Crippen molar-refractivity contribution in [2.45, 2.75) is 32.4 Å². The van der Waals surface area contributed by atoms with E-state index in [1.165, 1.54) is 0 Å². The number of aliphatic hydroxyl groups excluding tert-OH is 1. The first-order chi connectivity index (χ1) is 8.56. The average Bonchev–Trinajstić information content (AvgIpc) is 2.43. The predicted octanol–water partition coefficient (Wildman–Crippen LogP) is 1.21. The Morgan fingerprint density at radius 3 is 2.56 bits per heavy atom. The molecule has 1 aromatic rings.